The highest BCUT2D eigenvalue weighted by molar-refractivity contribution is 5.94. The molecule has 0 spiro atoms. The maximum Gasteiger partial charge on any atom is -0.00988 e. The molecule has 0 saturated heterocycles. The Labute approximate surface area is 348 Å². The number of benzene rings is 7. The molecule has 58 heavy (non-hydrogen) atoms. The first-order chi connectivity index (χ1) is 27.7. The van der Waals surface area contributed by atoms with Crippen molar-refractivity contribution in [2.24, 2.45) is 0 Å². The zero-order valence-corrected chi connectivity index (χ0v) is 36.7. The molecule has 7 rings (SSSR count). The zero-order chi connectivity index (χ0) is 41.4. The van der Waals surface area contributed by atoms with Gasteiger partial charge in [-0.2, -0.15) is 0 Å². The van der Waals surface area contributed by atoms with Gasteiger partial charge < -0.3 is 0 Å². The number of hydrogen-bond acceptors (Lipinski definition) is 0. The van der Waals surface area contributed by atoms with Gasteiger partial charge in [-0.15, -0.1) is 0 Å². The Hall–Kier alpha value is -5.98. The van der Waals surface area contributed by atoms with E-state index in [1.165, 1.54) is 134 Å². The molecule has 0 unspecified atom stereocenters. The first-order valence-electron chi connectivity index (χ1n) is 20.7. The van der Waals surface area contributed by atoms with Crippen molar-refractivity contribution in [3.05, 3.63) is 198 Å². The average molecular weight is 755 g/mol. The molecule has 0 aliphatic heterocycles. The fourth-order valence-electron chi connectivity index (χ4n) is 9.86. The molecule has 0 heterocycles. The average Bonchev–Trinajstić information content (AvgIpc) is 3.13. The van der Waals surface area contributed by atoms with E-state index in [1.54, 1.807) is 0 Å². The van der Waals surface area contributed by atoms with Gasteiger partial charge in [-0.25, -0.2) is 0 Å². The molecule has 7 aromatic rings. The van der Waals surface area contributed by atoms with Crippen LogP contribution in [0.3, 0.4) is 0 Å². The van der Waals surface area contributed by atoms with Crippen LogP contribution in [0.15, 0.2) is 109 Å². The van der Waals surface area contributed by atoms with Crippen molar-refractivity contribution in [2.75, 3.05) is 0 Å². The van der Waals surface area contributed by atoms with Crippen LogP contribution in [0.4, 0.5) is 0 Å². The predicted molar refractivity (Wildman–Crippen MR) is 256 cm³/mol. The third-order valence-electron chi connectivity index (χ3n) is 11.8. The highest BCUT2D eigenvalue weighted by atomic mass is 14.2. The van der Waals surface area contributed by atoms with E-state index >= 15 is 0 Å². The second kappa shape index (κ2) is 16.5. The molecule has 0 amide bonds. The Kier molecular flexibility index (Phi) is 11.4. The van der Waals surface area contributed by atoms with Crippen molar-refractivity contribution in [1.82, 2.24) is 0 Å². The van der Waals surface area contributed by atoms with Crippen LogP contribution in [0.25, 0.3) is 68.8 Å². The molecular weight excluding hydrogens is 697 g/mol. The molecule has 290 valence electrons. The third kappa shape index (κ3) is 8.07. The lowest BCUT2D eigenvalue weighted by Gasteiger charge is -2.20. The molecule has 0 aromatic heterocycles. The predicted octanol–water partition coefficient (Wildman–Crippen LogP) is 16.4. The first-order valence-corrected chi connectivity index (χ1v) is 20.7. The van der Waals surface area contributed by atoms with Crippen molar-refractivity contribution >= 4 is 24.3 Å². The van der Waals surface area contributed by atoms with E-state index in [2.05, 4.69) is 217 Å². The number of aryl methyl sites for hydroxylation is 12. The van der Waals surface area contributed by atoms with Crippen LogP contribution in [0.2, 0.25) is 0 Å². The molecule has 0 nitrogen and oxygen atoms in total. The second-order valence-corrected chi connectivity index (χ2v) is 17.0. The van der Waals surface area contributed by atoms with E-state index in [1.807, 2.05) is 0 Å². The van der Waals surface area contributed by atoms with Crippen LogP contribution in [-0.2, 0) is 0 Å². The maximum absolute atomic E-state index is 2.34. The van der Waals surface area contributed by atoms with Gasteiger partial charge in [0.15, 0.2) is 0 Å². The molecule has 0 N–H and O–H groups in total. The fourth-order valence-corrected chi connectivity index (χ4v) is 9.86. The van der Waals surface area contributed by atoms with Crippen molar-refractivity contribution in [3.63, 3.8) is 0 Å². The van der Waals surface area contributed by atoms with Crippen molar-refractivity contribution < 1.29 is 0 Å². The summed E-state index contributed by atoms with van der Waals surface area (Å²) >= 11 is 0. The highest BCUT2D eigenvalue weighted by Gasteiger charge is 2.19. The molecule has 0 saturated carbocycles. The van der Waals surface area contributed by atoms with Gasteiger partial charge in [0, 0.05) is 0 Å². The highest BCUT2D eigenvalue weighted by Crippen LogP contribution is 2.42. The smallest absolute Gasteiger partial charge is 0.00988 e. The summed E-state index contributed by atoms with van der Waals surface area (Å²) in [5.41, 5.74) is 30.9. The number of hydrogen-bond donors (Lipinski definition) is 0. The lowest BCUT2D eigenvalue weighted by atomic mass is 9.84. The van der Waals surface area contributed by atoms with E-state index in [0.29, 0.717) is 0 Å². The lowest BCUT2D eigenvalue weighted by molar-refractivity contribution is 1.31. The van der Waals surface area contributed by atoms with Crippen molar-refractivity contribution in [2.45, 2.75) is 83.1 Å². The summed E-state index contributed by atoms with van der Waals surface area (Å²) in [4.78, 5) is 0. The van der Waals surface area contributed by atoms with Gasteiger partial charge in [0.1, 0.15) is 0 Å². The van der Waals surface area contributed by atoms with Gasteiger partial charge in [0.25, 0.3) is 0 Å². The molecule has 0 heteroatoms. The Morgan fingerprint density at radius 3 is 0.672 bits per heavy atom. The van der Waals surface area contributed by atoms with Crippen molar-refractivity contribution in [1.29, 1.82) is 0 Å². The summed E-state index contributed by atoms with van der Waals surface area (Å²) in [5.74, 6) is 0. The summed E-state index contributed by atoms with van der Waals surface area (Å²) in [6, 6.07) is 41.1. The van der Waals surface area contributed by atoms with Gasteiger partial charge in [0.2, 0.25) is 0 Å². The van der Waals surface area contributed by atoms with Gasteiger partial charge in [-0.05, 0) is 194 Å². The van der Waals surface area contributed by atoms with Gasteiger partial charge >= 0.3 is 0 Å². The van der Waals surface area contributed by atoms with Gasteiger partial charge in [-0.1, -0.05) is 156 Å². The van der Waals surface area contributed by atoms with Crippen LogP contribution in [0.1, 0.15) is 89.0 Å². The largest absolute Gasteiger partial charge is 0.0610 e. The zero-order valence-electron chi connectivity index (χ0n) is 36.7. The van der Waals surface area contributed by atoms with E-state index in [-0.39, 0.29) is 0 Å². The lowest BCUT2D eigenvalue weighted by Crippen LogP contribution is -1.97. The van der Waals surface area contributed by atoms with Crippen LogP contribution >= 0.6 is 0 Å². The molecule has 0 radical (unpaired) electrons. The monoisotopic (exact) mass is 754 g/mol. The number of rotatable bonds is 8. The summed E-state index contributed by atoms with van der Waals surface area (Å²) in [5, 5.41) is 0. The molecule has 7 aromatic carbocycles. The van der Waals surface area contributed by atoms with E-state index in [0.717, 1.165) is 0 Å². The molecule has 0 aliphatic rings. The SMILES string of the molecule is Cc1cc(C)c(-c2cccc(-c3c(C)cc(C)cc3C)c2/C=C/c2ccc(/C=C/c3c(-c4c(C)cc(C)cc4C)cccc3-c3c(C)cc(C)cc3C)cc2)c(C)c1. The Balaban J connectivity index is 1.31. The molecule has 0 aliphatic carbocycles. The quantitative estimate of drug-likeness (QED) is 0.136. The molecule has 0 atom stereocenters. The Morgan fingerprint density at radius 2 is 0.466 bits per heavy atom. The fraction of sp³-hybridized carbons (Fsp3) is 0.207. The molecule has 0 fully saturated rings. The summed E-state index contributed by atoms with van der Waals surface area (Å²) in [6.07, 6.45) is 9.25. The van der Waals surface area contributed by atoms with E-state index in [4.69, 9.17) is 0 Å². The summed E-state index contributed by atoms with van der Waals surface area (Å²) in [7, 11) is 0. The summed E-state index contributed by atoms with van der Waals surface area (Å²) < 4.78 is 0. The Bertz CT molecular complexity index is 2330. The second-order valence-electron chi connectivity index (χ2n) is 17.0. The minimum atomic E-state index is 1.17. The third-order valence-corrected chi connectivity index (χ3v) is 11.8. The van der Waals surface area contributed by atoms with Crippen LogP contribution in [-0.4, -0.2) is 0 Å². The molecule has 0 bridgehead atoms. The van der Waals surface area contributed by atoms with E-state index < -0.39 is 0 Å². The first kappa shape index (κ1) is 40.2. The topological polar surface area (TPSA) is 0 Å². The Morgan fingerprint density at radius 1 is 0.259 bits per heavy atom. The standard InChI is InChI=1S/C58H58/c1-35-27-39(5)55(40(6)28-35)51-15-13-16-52(56-41(7)29-36(2)30-42(56)8)49(51)25-23-47-19-21-48(22-20-47)24-26-50-53(57-43(9)31-37(3)32-44(57)10)17-14-18-54(50)58-45(11)33-38(4)34-46(58)12/h13-34H,1-12H3/b25-23+,26-24+. The van der Waals surface area contributed by atoms with Gasteiger partial charge in [0.05, 0.1) is 0 Å². The van der Waals surface area contributed by atoms with Crippen LogP contribution in [0.5, 0.6) is 0 Å². The van der Waals surface area contributed by atoms with Crippen LogP contribution < -0.4 is 0 Å². The maximum atomic E-state index is 2.34. The molecular formula is C58H58. The minimum absolute atomic E-state index is 1.17. The van der Waals surface area contributed by atoms with E-state index in [9.17, 15) is 0 Å². The summed E-state index contributed by atoms with van der Waals surface area (Å²) in [6.45, 7) is 26.7. The minimum Gasteiger partial charge on any atom is -0.0610 e. The van der Waals surface area contributed by atoms with Crippen molar-refractivity contribution in [3.8, 4) is 44.5 Å². The van der Waals surface area contributed by atoms with Crippen LogP contribution in [0, 0.1) is 83.1 Å². The normalized spacial score (nSPS) is 11.7. The van der Waals surface area contributed by atoms with Gasteiger partial charge in [-0.3, -0.25) is 0 Å².